The van der Waals surface area contributed by atoms with E-state index in [-0.39, 0.29) is 18.0 Å². The summed E-state index contributed by atoms with van der Waals surface area (Å²) >= 11 is 0. The van der Waals surface area contributed by atoms with Crippen molar-refractivity contribution in [1.82, 2.24) is 4.90 Å². The van der Waals surface area contributed by atoms with E-state index < -0.39 is 51.6 Å². The molecular weight excluding hydrogens is 530 g/mol. The molecule has 0 N–H and O–H groups in total. The molecule has 0 aliphatic carbocycles. The molecule has 0 spiro atoms. The number of morpholine rings is 1. The van der Waals surface area contributed by atoms with Crippen LogP contribution in [0.2, 0.25) is 0 Å². The van der Waals surface area contributed by atoms with Gasteiger partial charge in [-0.1, -0.05) is 0 Å². The van der Waals surface area contributed by atoms with Gasteiger partial charge in [0.25, 0.3) is 5.91 Å². The van der Waals surface area contributed by atoms with Gasteiger partial charge < -0.3 is 19.3 Å². The van der Waals surface area contributed by atoms with Crippen LogP contribution in [-0.4, -0.2) is 70.5 Å². The molecule has 4 rings (SSSR count). The molecule has 0 saturated carbocycles. The SMILES string of the molecule is CS(=O)(=O)c1ccc(OCC(F)(F)C(F)(F)F)c(C(=O)N2Cc3cc(F)c(N4CCOCC4)cc3C2)c1. The third-order valence-electron chi connectivity index (χ3n) is 6.06. The Labute approximate surface area is 208 Å². The second kappa shape index (κ2) is 9.71. The monoisotopic (exact) mass is 552 g/mol. The van der Waals surface area contributed by atoms with Gasteiger partial charge in [-0.15, -0.1) is 0 Å². The summed E-state index contributed by atoms with van der Waals surface area (Å²) in [6, 6.07) is 5.53. The lowest BCUT2D eigenvalue weighted by molar-refractivity contribution is -0.290. The van der Waals surface area contributed by atoms with Crippen LogP contribution < -0.4 is 9.64 Å². The molecule has 2 aromatic carbocycles. The van der Waals surface area contributed by atoms with Crippen LogP contribution in [0.4, 0.5) is 32.0 Å². The minimum Gasteiger partial charge on any atom is -0.486 e. The maximum Gasteiger partial charge on any atom is 0.456 e. The highest BCUT2D eigenvalue weighted by atomic mass is 32.2. The summed E-state index contributed by atoms with van der Waals surface area (Å²) in [6.45, 7) is -0.423. The van der Waals surface area contributed by atoms with E-state index in [4.69, 9.17) is 4.74 Å². The summed E-state index contributed by atoms with van der Waals surface area (Å²) in [5.74, 6) is -7.23. The highest BCUT2D eigenvalue weighted by Gasteiger charge is 2.58. The summed E-state index contributed by atoms with van der Waals surface area (Å²) in [6.07, 6.45) is -5.04. The van der Waals surface area contributed by atoms with Gasteiger partial charge in [0.05, 0.1) is 29.4 Å². The minimum absolute atomic E-state index is 0.0208. The van der Waals surface area contributed by atoms with Gasteiger partial charge in [-0.25, -0.2) is 12.8 Å². The summed E-state index contributed by atoms with van der Waals surface area (Å²) in [4.78, 5) is 16.0. The molecular formula is C23H22F6N2O5S. The minimum atomic E-state index is -5.89. The third-order valence-corrected chi connectivity index (χ3v) is 7.17. The molecule has 1 amide bonds. The van der Waals surface area contributed by atoms with Gasteiger partial charge in [-0.3, -0.25) is 4.79 Å². The molecule has 2 aliphatic rings. The van der Waals surface area contributed by atoms with E-state index in [1.54, 1.807) is 11.0 Å². The summed E-state index contributed by atoms with van der Waals surface area (Å²) in [7, 11) is -3.86. The van der Waals surface area contributed by atoms with Crippen LogP contribution in [-0.2, 0) is 27.7 Å². The number of ether oxygens (including phenoxy) is 2. The van der Waals surface area contributed by atoms with Crippen LogP contribution >= 0.6 is 0 Å². The fourth-order valence-electron chi connectivity index (χ4n) is 4.05. The number of sulfone groups is 1. The van der Waals surface area contributed by atoms with Gasteiger partial charge in [0, 0.05) is 32.4 Å². The van der Waals surface area contributed by atoms with Crippen molar-refractivity contribution < 1.29 is 49.0 Å². The number of carbonyl (C=O) groups excluding carboxylic acids is 1. The van der Waals surface area contributed by atoms with Gasteiger partial charge in [-0.05, 0) is 41.5 Å². The lowest BCUT2D eigenvalue weighted by Gasteiger charge is -2.29. The van der Waals surface area contributed by atoms with Crippen LogP contribution in [0.5, 0.6) is 5.75 Å². The first-order valence-corrected chi connectivity index (χ1v) is 12.9. The molecule has 0 radical (unpaired) electrons. The highest BCUT2D eigenvalue weighted by Crippen LogP contribution is 2.37. The molecule has 202 valence electrons. The Hall–Kier alpha value is -3.00. The number of amides is 1. The van der Waals surface area contributed by atoms with Gasteiger partial charge in [-0.2, -0.15) is 22.0 Å². The van der Waals surface area contributed by atoms with Crippen molar-refractivity contribution in [3.63, 3.8) is 0 Å². The summed E-state index contributed by atoms with van der Waals surface area (Å²) < 4.78 is 113. The lowest BCUT2D eigenvalue weighted by atomic mass is 10.1. The standard InChI is InChI=1S/C23H22F6N2O5S/c1-37(33,34)16-2-3-20(36-13-22(25,26)23(27,28)29)17(10-16)21(32)31-11-14-8-18(24)19(9-15(14)12-31)30-4-6-35-7-5-30/h2-3,8-10H,4-7,11-13H2,1H3. The summed E-state index contributed by atoms with van der Waals surface area (Å²) in [5.41, 5.74) is 0.909. The zero-order valence-electron chi connectivity index (χ0n) is 19.4. The second-order valence-electron chi connectivity index (χ2n) is 8.75. The quantitative estimate of drug-likeness (QED) is 0.508. The van der Waals surface area contributed by atoms with E-state index in [2.05, 4.69) is 4.74 Å². The van der Waals surface area contributed by atoms with Crippen molar-refractivity contribution in [2.24, 2.45) is 0 Å². The van der Waals surface area contributed by atoms with Crippen molar-refractivity contribution in [2.45, 2.75) is 30.1 Å². The first kappa shape index (κ1) is 27.0. The maximum atomic E-state index is 14.8. The molecule has 14 heteroatoms. The Bertz CT molecular complexity index is 1310. The molecule has 2 aliphatic heterocycles. The number of hydrogen-bond donors (Lipinski definition) is 0. The fourth-order valence-corrected chi connectivity index (χ4v) is 4.70. The Kier molecular flexibility index (Phi) is 7.10. The first-order valence-electron chi connectivity index (χ1n) is 11.0. The van der Waals surface area contributed by atoms with Crippen molar-refractivity contribution >= 4 is 21.4 Å². The number of fused-ring (bicyclic) bond motifs is 1. The average molecular weight is 552 g/mol. The number of benzene rings is 2. The van der Waals surface area contributed by atoms with E-state index in [1.165, 1.54) is 11.0 Å². The van der Waals surface area contributed by atoms with Gasteiger partial charge in [0.1, 0.15) is 11.6 Å². The number of carbonyl (C=O) groups is 1. The number of hydrogen-bond acceptors (Lipinski definition) is 6. The van der Waals surface area contributed by atoms with Gasteiger partial charge in [0.15, 0.2) is 16.4 Å². The zero-order valence-corrected chi connectivity index (χ0v) is 20.3. The normalized spacial score (nSPS) is 16.6. The van der Waals surface area contributed by atoms with Crippen molar-refractivity contribution in [1.29, 1.82) is 0 Å². The van der Waals surface area contributed by atoms with Crippen molar-refractivity contribution in [3.8, 4) is 5.75 Å². The summed E-state index contributed by atoms with van der Waals surface area (Å²) in [5, 5.41) is 0. The van der Waals surface area contributed by atoms with E-state index >= 15 is 0 Å². The molecule has 0 aromatic heterocycles. The Morgan fingerprint density at radius 2 is 1.65 bits per heavy atom. The molecule has 0 atom stereocenters. The van der Waals surface area contributed by atoms with Crippen molar-refractivity contribution in [2.75, 3.05) is 44.1 Å². The number of halogens is 6. The van der Waals surface area contributed by atoms with Gasteiger partial charge >= 0.3 is 12.1 Å². The molecule has 2 aromatic rings. The largest absolute Gasteiger partial charge is 0.486 e. The first-order chi connectivity index (χ1) is 17.2. The van der Waals surface area contributed by atoms with Crippen LogP contribution in [0, 0.1) is 5.82 Å². The maximum absolute atomic E-state index is 14.8. The smallest absolute Gasteiger partial charge is 0.456 e. The molecule has 1 saturated heterocycles. The highest BCUT2D eigenvalue weighted by molar-refractivity contribution is 7.90. The third kappa shape index (κ3) is 5.64. The average Bonchev–Trinajstić information content (AvgIpc) is 3.23. The molecule has 2 heterocycles. The Morgan fingerprint density at radius 3 is 2.24 bits per heavy atom. The molecule has 1 fully saturated rings. The van der Waals surface area contributed by atoms with Crippen LogP contribution in [0.1, 0.15) is 21.5 Å². The topological polar surface area (TPSA) is 76.2 Å². The number of anilines is 1. The van der Waals surface area contributed by atoms with E-state index in [0.717, 1.165) is 24.5 Å². The Balaban J connectivity index is 1.62. The van der Waals surface area contributed by atoms with E-state index in [9.17, 15) is 39.6 Å². The van der Waals surface area contributed by atoms with Crippen molar-refractivity contribution in [3.05, 3.63) is 52.8 Å². The molecule has 0 bridgehead atoms. The van der Waals surface area contributed by atoms with Crippen LogP contribution in [0.25, 0.3) is 0 Å². The Morgan fingerprint density at radius 1 is 1.03 bits per heavy atom. The molecule has 7 nitrogen and oxygen atoms in total. The predicted octanol–water partition coefficient (Wildman–Crippen LogP) is 3.80. The van der Waals surface area contributed by atoms with E-state index in [0.29, 0.717) is 43.1 Å². The van der Waals surface area contributed by atoms with Gasteiger partial charge in [0.2, 0.25) is 0 Å². The number of rotatable bonds is 6. The predicted molar refractivity (Wildman–Crippen MR) is 119 cm³/mol. The number of nitrogens with zero attached hydrogens (tertiary/aromatic N) is 2. The fraction of sp³-hybridized carbons (Fsp3) is 0.435. The lowest BCUT2D eigenvalue weighted by Crippen LogP contribution is -2.42. The van der Waals surface area contributed by atoms with E-state index in [1.807, 2.05) is 0 Å². The molecule has 0 unspecified atom stereocenters. The van der Waals surface area contributed by atoms with Crippen LogP contribution in [0.15, 0.2) is 35.2 Å². The zero-order chi connectivity index (χ0) is 27.2. The van der Waals surface area contributed by atoms with Crippen LogP contribution in [0.3, 0.4) is 0 Å². The molecule has 37 heavy (non-hydrogen) atoms. The second-order valence-corrected chi connectivity index (χ2v) is 10.8. The number of alkyl halides is 5.